The van der Waals surface area contributed by atoms with Crippen LogP contribution in [-0.2, 0) is 10.0 Å². The van der Waals surface area contributed by atoms with Crippen molar-refractivity contribution < 1.29 is 18.1 Å². The maximum absolute atomic E-state index is 12.9. The number of rotatable bonds is 6. The Balaban J connectivity index is 0.00000280. The SMILES string of the molecule is COc1ccc(S(=O)(=O)N2CCN(CC3CCNCC3)CC2)cc1[N+](=O)[O-].Cl. The number of ether oxygens (including phenoxy) is 1. The molecule has 2 saturated heterocycles. The van der Waals surface area contributed by atoms with Gasteiger partial charge in [0.25, 0.3) is 0 Å². The van der Waals surface area contributed by atoms with Crippen LogP contribution in [0.2, 0.25) is 0 Å². The van der Waals surface area contributed by atoms with Gasteiger partial charge in [-0.1, -0.05) is 0 Å². The van der Waals surface area contributed by atoms with Crippen molar-refractivity contribution in [2.24, 2.45) is 5.92 Å². The standard InChI is InChI=1S/C17H26N4O5S.ClH/c1-26-17-3-2-15(12-16(17)21(22)23)27(24,25)20-10-8-19(9-11-20)13-14-4-6-18-7-5-14;/h2-3,12,14,18H,4-11,13H2,1H3;1H. The van der Waals surface area contributed by atoms with Crippen molar-refractivity contribution in [3.63, 3.8) is 0 Å². The summed E-state index contributed by atoms with van der Waals surface area (Å²) in [5.41, 5.74) is -0.344. The van der Waals surface area contributed by atoms with Crippen LogP contribution in [0, 0.1) is 16.0 Å². The molecule has 2 heterocycles. The molecule has 0 aliphatic carbocycles. The second-order valence-corrected chi connectivity index (χ2v) is 8.93. The van der Waals surface area contributed by atoms with Crippen LogP contribution in [0.3, 0.4) is 0 Å². The average Bonchev–Trinajstić information content (AvgIpc) is 2.68. The molecular weight excluding hydrogens is 408 g/mol. The highest BCUT2D eigenvalue weighted by Crippen LogP contribution is 2.30. The molecule has 11 heteroatoms. The average molecular weight is 435 g/mol. The third-order valence-corrected chi connectivity index (χ3v) is 7.19. The van der Waals surface area contributed by atoms with Crippen molar-refractivity contribution >= 4 is 28.1 Å². The van der Waals surface area contributed by atoms with Crippen molar-refractivity contribution in [3.05, 3.63) is 28.3 Å². The van der Waals surface area contributed by atoms with Crippen LogP contribution >= 0.6 is 12.4 Å². The zero-order valence-electron chi connectivity index (χ0n) is 15.9. The van der Waals surface area contributed by atoms with Gasteiger partial charge in [0.15, 0.2) is 5.75 Å². The quantitative estimate of drug-likeness (QED) is 0.531. The molecule has 28 heavy (non-hydrogen) atoms. The van der Waals surface area contributed by atoms with E-state index in [1.54, 1.807) is 0 Å². The second-order valence-electron chi connectivity index (χ2n) is 6.99. The minimum absolute atomic E-state index is 0. The normalized spacial score (nSPS) is 19.8. The van der Waals surface area contributed by atoms with Crippen molar-refractivity contribution in [1.29, 1.82) is 0 Å². The van der Waals surface area contributed by atoms with E-state index in [1.165, 1.54) is 23.5 Å². The minimum Gasteiger partial charge on any atom is -0.490 e. The number of nitro groups is 1. The van der Waals surface area contributed by atoms with Crippen LogP contribution in [0.5, 0.6) is 5.75 Å². The smallest absolute Gasteiger partial charge is 0.312 e. The van der Waals surface area contributed by atoms with Gasteiger partial charge in [-0.25, -0.2) is 8.42 Å². The van der Waals surface area contributed by atoms with Gasteiger partial charge in [0.1, 0.15) is 0 Å². The summed E-state index contributed by atoms with van der Waals surface area (Å²) in [5, 5.41) is 14.5. The summed E-state index contributed by atoms with van der Waals surface area (Å²) in [6.07, 6.45) is 2.32. The van der Waals surface area contributed by atoms with E-state index in [0.717, 1.165) is 38.5 Å². The molecule has 2 aliphatic heterocycles. The monoisotopic (exact) mass is 434 g/mol. The van der Waals surface area contributed by atoms with E-state index in [9.17, 15) is 18.5 Å². The Kier molecular flexibility index (Phi) is 8.02. The molecule has 0 spiro atoms. The molecule has 0 amide bonds. The fraction of sp³-hybridized carbons (Fsp3) is 0.647. The van der Waals surface area contributed by atoms with Crippen molar-refractivity contribution in [2.75, 3.05) is 52.9 Å². The van der Waals surface area contributed by atoms with Crippen LogP contribution in [0.4, 0.5) is 5.69 Å². The first kappa shape index (κ1) is 22.8. The molecule has 2 fully saturated rings. The summed E-state index contributed by atoms with van der Waals surface area (Å²) in [4.78, 5) is 12.8. The number of nitrogens with one attached hydrogen (secondary N) is 1. The van der Waals surface area contributed by atoms with E-state index < -0.39 is 14.9 Å². The number of hydrogen-bond donors (Lipinski definition) is 1. The van der Waals surface area contributed by atoms with Crippen LogP contribution in [0.15, 0.2) is 23.1 Å². The third-order valence-electron chi connectivity index (χ3n) is 5.29. The largest absolute Gasteiger partial charge is 0.490 e. The molecule has 9 nitrogen and oxygen atoms in total. The van der Waals surface area contributed by atoms with E-state index in [-0.39, 0.29) is 28.7 Å². The maximum Gasteiger partial charge on any atom is 0.312 e. The second kappa shape index (κ2) is 9.84. The van der Waals surface area contributed by atoms with Crippen LogP contribution in [0.25, 0.3) is 0 Å². The Bertz CT molecular complexity index is 778. The van der Waals surface area contributed by atoms with Crippen molar-refractivity contribution in [2.45, 2.75) is 17.7 Å². The summed E-state index contributed by atoms with van der Waals surface area (Å²) < 4.78 is 32.1. The fourth-order valence-corrected chi connectivity index (χ4v) is 5.15. The first-order chi connectivity index (χ1) is 12.9. The molecule has 0 unspecified atom stereocenters. The van der Waals surface area contributed by atoms with Gasteiger partial charge < -0.3 is 15.0 Å². The number of halogens is 1. The number of piperidine rings is 1. The summed E-state index contributed by atoms with van der Waals surface area (Å²) in [6.45, 7) is 5.26. The molecule has 2 aliphatic rings. The molecule has 1 aromatic carbocycles. The van der Waals surface area contributed by atoms with Gasteiger partial charge in [-0.15, -0.1) is 12.4 Å². The molecule has 1 N–H and O–H groups in total. The highest BCUT2D eigenvalue weighted by Gasteiger charge is 2.31. The van der Waals surface area contributed by atoms with E-state index in [4.69, 9.17) is 4.74 Å². The summed E-state index contributed by atoms with van der Waals surface area (Å²) >= 11 is 0. The molecule has 0 atom stereocenters. The Morgan fingerprint density at radius 1 is 1.21 bits per heavy atom. The molecule has 0 radical (unpaired) electrons. The predicted octanol–water partition coefficient (Wildman–Crippen LogP) is 1.33. The number of nitro benzene ring substituents is 1. The lowest BCUT2D eigenvalue weighted by Crippen LogP contribution is -2.50. The Morgan fingerprint density at radius 2 is 1.86 bits per heavy atom. The van der Waals surface area contributed by atoms with E-state index in [1.807, 2.05) is 0 Å². The maximum atomic E-state index is 12.9. The first-order valence-corrected chi connectivity index (χ1v) is 10.6. The number of benzene rings is 1. The number of nitrogens with zero attached hydrogens (tertiary/aromatic N) is 3. The molecule has 0 aromatic heterocycles. The van der Waals surface area contributed by atoms with Crippen molar-refractivity contribution in [1.82, 2.24) is 14.5 Å². The van der Waals surface area contributed by atoms with Crippen molar-refractivity contribution in [3.8, 4) is 5.75 Å². The van der Waals surface area contributed by atoms with Gasteiger partial charge in [0.2, 0.25) is 10.0 Å². The van der Waals surface area contributed by atoms with Gasteiger partial charge >= 0.3 is 5.69 Å². The third kappa shape index (κ3) is 5.12. The topological polar surface area (TPSA) is 105 Å². The van der Waals surface area contributed by atoms with Crippen LogP contribution < -0.4 is 10.1 Å². The number of hydrogen-bond acceptors (Lipinski definition) is 7. The number of sulfonamides is 1. The predicted molar refractivity (Wildman–Crippen MR) is 108 cm³/mol. The van der Waals surface area contributed by atoms with Gasteiger partial charge in [0.05, 0.1) is 16.9 Å². The van der Waals surface area contributed by atoms with Gasteiger partial charge in [-0.3, -0.25) is 10.1 Å². The highest BCUT2D eigenvalue weighted by atomic mass is 35.5. The zero-order chi connectivity index (χ0) is 19.4. The Morgan fingerprint density at radius 3 is 2.43 bits per heavy atom. The molecule has 158 valence electrons. The summed E-state index contributed by atoms with van der Waals surface area (Å²) in [7, 11) is -2.45. The zero-order valence-corrected chi connectivity index (χ0v) is 17.5. The molecule has 3 rings (SSSR count). The summed E-state index contributed by atoms with van der Waals surface area (Å²) in [6, 6.07) is 3.77. The van der Waals surface area contributed by atoms with E-state index >= 15 is 0 Å². The van der Waals surface area contributed by atoms with Gasteiger partial charge in [-0.2, -0.15) is 4.31 Å². The van der Waals surface area contributed by atoms with E-state index in [0.29, 0.717) is 32.1 Å². The summed E-state index contributed by atoms with van der Waals surface area (Å²) in [5.74, 6) is 0.712. The minimum atomic E-state index is -3.76. The molecule has 1 aromatic rings. The molecule has 0 bridgehead atoms. The lowest BCUT2D eigenvalue weighted by molar-refractivity contribution is -0.386. The number of piperazine rings is 1. The lowest BCUT2D eigenvalue weighted by Gasteiger charge is -2.36. The van der Waals surface area contributed by atoms with E-state index in [2.05, 4.69) is 10.2 Å². The molecular formula is C17H27ClN4O5S. The first-order valence-electron chi connectivity index (χ1n) is 9.17. The van der Waals surface area contributed by atoms with Crippen LogP contribution in [0.1, 0.15) is 12.8 Å². The Labute approximate surface area is 171 Å². The van der Waals surface area contributed by atoms with Gasteiger partial charge in [0, 0.05) is 38.8 Å². The Hall–Kier alpha value is -1.46. The fourth-order valence-electron chi connectivity index (χ4n) is 3.70. The lowest BCUT2D eigenvalue weighted by atomic mass is 9.97. The van der Waals surface area contributed by atoms with Gasteiger partial charge in [-0.05, 0) is 44.0 Å². The number of methoxy groups -OCH3 is 1. The molecule has 0 saturated carbocycles. The van der Waals surface area contributed by atoms with Crippen LogP contribution in [-0.4, -0.2) is 75.5 Å². The highest BCUT2D eigenvalue weighted by molar-refractivity contribution is 7.89.